The molecular formula is C11H15NO3S. The fraction of sp³-hybridized carbons (Fsp3) is 0.364. The van der Waals surface area contributed by atoms with Crippen molar-refractivity contribution in [1.82, 2.24) is 5.32 Å². The molecule has 0 spiro atoms. The van der Waals surface area contributed by atoms with E-state index in [-0.39, 0.29) is 23.1 Å². The molecule has 1 rings (SSSR count). The number of hydrogen-bond donors (Lipinski definition) is 1. The van der Waals surface area contributed by atoms with Crippen molar-refractivity contribution in [3.63, 3.8) is 0 Å². The van der Waals surface area contributed by atoms with Crippen LogP contribution in [0.4, 0.5) is 0 Å². The molecule has 16 heavy (non-hydrogen) atoms. The van der Waals surface area contributed by atoms with Gasteiger partial charge in [-0.25, -0.2) is 8.42 Å². The van der Waals surface area contributed by atoms with Gasteiger partial charge < -0.3 is 5.32 Å². The van der Waals surface area contributed by atoms with Crippen LogP contribution in [0.5, 0.6) is 0 Å². The maximum absolute atomic E-state index is 11.7. The molecule has 5 heteroatoms. The van der Waals surface area contributed by atoms with Crippen molar-refractivity contribution in [2.45, 2.75) is 25.2 Å². The smallest absolute Gasteiger partial charge is 0.220 e. The number of sulfone groups is 1. The van der Waals surface area contributed by atoms with Gasteiger partial charge in [0, 0.05) is 6.42 Å². The molecule has 0 fully saturated rings. The highest BCUT2D eigenvalue weighted by atomic mass is 32.2. The number of benzene rings is 1. The lowest BCUT2D eigenvalue weighted by atomic mass is 10.2. The molecule has 1 N–H and O–H groups in total. The average molecular weight is 241 g/mol. The van der Waals surface area contributed by atoms with Crippen LogP contribution in [-0.2, 0) is 14.6 Å². The van der Waals surface area contributed by atoms with E-state index in [1.807, 2.05) is 6.92 Å². The van der Waals surface area contributed by atoms with Crippen LogP contribution in [0.2, 0.25) is 0 Å². The SMILES string of the molecule is CCC(=O)NCS(=O)(=O)c1ccc(C)cc1. The molecule has 1 amide bonds. The standard InChI is InChI=1S/C11H15NO3S/c1-3-11(13)12-8-16(14,15)10-6-4-9(2)5-7-10/h4-7H,3,8H2,1-2H3,(H,12,13). The van der Waals surface area contributed by atoms with Gasteiger partial charge in [0.2, 0.25) is 5.91 Å². The Kier molecular flexibility index (Phi) is 4.06. The third-order valence-corrected chi connectivity index (χ3v) is 3.68. The van der Waals surface area contributed by atoms with Gasteiger partial charge in [0.05, 0.1) is 4.90 Å². The van der Waals surface area contributed by atoms with Crippen molar-refractivity contribution in [2.75, 3.05) is 5.88 Å². The van der Waals surface area contributed by atoms with Crippen LogP contribution in [0.15, 0.2) is 29.2 Å². The number of rotatable bonds is 4. The van der Waals surface area contributed by atoms with E-state index < -0.39 is 9.84 Å². The van der Waals surface area contributed by atoms with Gasteiger partial charge >= 0.3 is 0 Å². The summed E-state index contributed by atoms with van der Waals surface area (Å²) in [6.07, 6.45) is 0.281. The third-order valence-electron chi connectivity index (χ3n) is 2.16. The van der Waals surface area contributed by atoms with Crippen LogP contribution in [0.25, 0.3) is 0 Å². The van der Waals surface area contributed by atoms with Gasteiger partial charge in [-0.2, -0.15) is 0 Å². The first-order chi connectivity index (χ1) is 7.45. The van der Waals surface area contributed by atoms with Crippen LogP contribution in [-0.4, -0.2) is 20.2 Å². The van der Waals surface area contributed by atoms with Crippen LogP contribution < -0.4 is 5.32 Å². The number of hydrogen-bond acceptors (Lipinski definition) is 3. The predicted octanol–water partition coefficient (Wildman–Crippen LogP) is 1.25. The van der Waals surface area contributed by atoms with Crippen LogP contribution >= 0.6 is 0 Å². The maximum atomic E-state index is 11.7. The molecule has 0 atom stereocenters. The Bertz CT molecular complexity index is 463. The number of aryl methyl sites for hydroxylation is 1. The summed E-state index contributed by atoms with van der Waals surface area (Å²) >= 11 is 0. The van der Waals surface area contributed by atoms with Crippen molar-refractivity contribution in [1.29, 1.82) is 0 Å². The minimum Gasteiger partial charge on any atom is -0.342 e. The van der Waals surface area contributed by atoms with Crippen LogP contribution in [0.1, 0.15) is 18.9 Å². The number of carbonyl (C=O) groups excluding carboxylic acids is 1. The minimum atomic E-state index is -3.41. The zero-order valence-corrected chi connectivity index (χ0v) is 10.2. The second-order valence-electron chi connectivity index (χ2n) is 3.53. The fourth-order valence-electron chi connectivity index (χ4n) is 1.13. The molecule has 1 aromatic rings. The molecule has 0 aromatic heterocycles. The molecule has 1 aromatic carbocycles. The summed E-state index contributed by atoms with van der Waals surface area (Å²) in [7, 11) is -3.41. The molecule has 0 saturated heterocycles. The molecule has 4 nitrogen and oxygen atoms in total. The molecule has 88 valence electrons. The molecule has 0 saturated carbocycles. The lowest BCUT2D eigenvalue weighted by Gasteiger charge is -2.05. The Morgan fingerprint density at radius 3 is 2.31 bits per heavy atom. The molecular weight excluding hydrogens is 226 g/mol. The molecule has 0 aliphatic heterocycles. The van der Waals surface area contributed by atoms with Gasteiger partial charge in [0.15, 0.2) is 9.84 Å². The molecule has 0 unspecified atom stereocenters. The van der Waals surface area contributed by atoms with Crippen molar-refractivity contribution >= 4 is 15.7 Å². The zero-order chi connectivity index (χ0) is 12.2. The van der Waals surface area contributed by atoms with E-state index in [0.29, 0.717) is 0 Å². The van der Waals surface area contributed by atoms with E-state index in [2.05, 4.69) is 5.32 Å². The van der Waals surface area contributed by atoms with E-state index >= 15 is 0 Å². The highest BCUT2D eigenvalue weighted by Crippen LogP contribution is 2.11. The minimum absolute atomic E-state index is 0.231. The predicted molar refractivity (Wildman–Crippen MR) is 61.7 cm³/mol. The molecule has 0 radical (unpaired) electrons. The van der Waals surface area contributed by atoms with Crippen LogP contribution in [0, 0.1) is 6.92 Å². The second-order valence-corrected chi connectivity index (χ2v) is 5.52. The van der Waals surface area contributed by atoms with Crippen molar-refractivity contribution < 1.29 is 13.2 Å². The van der Waals surface area contributed by atoms with Gasteiger partial charge in [-0.05, 0) is 19.1 Å². The Morgan fingerprint density at radius 2 is 1.81 bits per heavy atom. The molecule has 0 bridgehead atoms. The Balaban J connectivity index is 2.78. The maximum Gasteiger partial charge on any atom is 0.220 e. The van der Waals surface area contributed by atoms with Gasteiger partial charge in [0.1, 0.15) is 5.88 Å². The van der Waals surface area contributed by atoms with Crippen molar-refractivity contribution in [3.8, 4) is 0 Å². The second kappa shape index (κ2) is 5.12. The monoisotopic (exact) mass is 241 g/mol. The third kappa shape index (κ3) is 3.34. The largest absolute Gasteiger partial charge is 0.342 e. The van der Waals surface area contributed by atoms with Crippen molar-refractivity contribution in [2.24, 2.45) is 0 Å². The molecule has 0 aliphatic carbocycles. The first-order valence-corrected chi connectivity index (χ1v) is 6.67. The van der Waals surface area contributed by atoms with E-state index in [0.717, 1.165) is 5.56 Å². The van der Waals surface area contributed by atoms with Gasteiger partial charge in [-0.3, -0.25) is 4.79 Å². The number of amides is 1. The van der Waals surface area contributed by atoms with E-state index in [1.165, 1.54) is 0 Å². The average Bonchev–Trinajstić information content (AvgIpc) is 2.26. The van der Waals surface area contributed by atoms with Gasteiger partial charge in [0.25, 0.3) is 0 Å². The Morgan fingerprint density at radius 1 is 1.25 bits per heavy atom. The normalized spacial score (nSPS) is 11.1. The van der Waals surface area contributed by atoms with E-state index in [9.17, 15) is 13.2 Å². The van der Waals surface area contributed by atoms with E-state index in [1.54, 1.807) is 31.2 Å². The molecule has 0 heterocycles. The van der Waals surface area contributed by atoms with Crippen LogP contribution in [0.3, 0.4) is 0 Å². The van der Waals surface area contributed by atoms with Gasteiger partial charge in [-0.15, -0.1) is 0 Å². The molecule has 0 aliphatic rings. The zero-order valence-electron chi connectivity index (χ0n) is 9.36. The summed E-state index contributed by atoms with van der Waals surface area (Å²) in [5.74, 6) is -0.612. The quantitative estimate of drug-likeness (QED) is 0.863. The topological polar surface area (TPSA) is 63.2 Å². The summed E-state index contributed by atoms with van der Waals surface area (Å²) in [4.78, 5) is 11.2. The summed E-state index contributed by atoms with van der Waals surface area (Å²) in [6.45, 7) is 3.56. The van der Waals surface area contributed by atoms with Gasteiger partial charge in [-0.1, -0.05) is 24.6 Å². The lowest BCUT2D eigenvalue weighted by molar-refractivity contribution is -0.120. The fourth-order valence-corrected chi connectivity index (χ4v) is 2.20. The van der Waals surface area contributed by atoms with E-state index in [4.69, 9.17) is 0 Å². The summed E-state index contributed by atoms with van der Waals surface area (Å²) in [5.41, 5.74) is 0.997. The highest BCUT2D eigenvalue weighted by Gasteiger charge is 2.14. The summed E-state index contributed by atoms with van der Waals surface area (Å²) < 4.78 is 23.5. The summed E-state index contributed by atoms with van der Waals surface area (Å²) in [6, 6.07) is 6.55. The first kappa shape index (κ1) is 12.7. The van der Waals surface area contributed by atoms with Crippen molar-refractivity contribution in [3.05, 3.63) is 29.8 Å². The highest BCUT2D eigenvalue weighted by molar-refractivity contribution is 7.91. The Labute approximate surface area is 95.6 Å². The lowest BCUT2D eigenvalue weighted by Crippen LogP contribution is -2.28. The number of nitrogens with one attached hydrogen (secondary N) is 1. The summed E-state index contributed by atoms with van der Waals surface area (Å²) in [5, 5.41) is 2.36. The Hall–Kier alpha value is -1.36. The first-order valence-electron chi connectivity index (χ1n) is 5.02. The number of carbonyl (C=O) groups is 1.